The summed E-state index contributed by atoms with van der Waals surface area (Å²) in [4.78, 5) is 17.2. The molecule has 0 radical (unpaired) electrons. The number of hydrogen-bond donors (Lipinski definition) is 1. The molecule has 3 aliphatic heterocycles. The number of anilines is 2. The van der Waals surface area contributed by atoms with Crippen LogP contribution in [0.5, 0.6) is 0 Å². The Morgan fingerprint density at radius 3 is 2.39 bits per heavy atom. The number of benzene rings is 1. The minimum absolute atomic E-state index is 0.134. The minimum Gasteiger partial charge on any atom is -0.444 e. The van der Waals surface area contributed by atoms with Gasteiger partial charge in [0.05, 0.1) is 0 Å². The van der Waals surface area contributed by atoms with Gasteiger partial charge in [0.25, 0.3) is 0 Å². The highest BCUT2D eigenvalue weighted by atomic mass is 16.6. The molecular weight excluding hydrogens is 350 g/mol. The first kappa shape index (κ1) is 19.4. The van der Waals surface area contributed by atoms with Crippen molar-refractivity contribution in [1.29, 1.82) is 0 Å². The molecule has 4 rings (SSSR count). The highest BCUT2D eigenvalue weighted by molar-refractivity contribution is 5.70. The van der Waals surface area contributed by atoms with Crippen molar-refractivity contribution in [2.75, 3.05) is 23.3 Å². The second kappa shape index (κ2) is 7.84. The van der Waals surface area contributed by atoms with E-state index in [9.17, 15) is 4.79 Å². The first-order valence-corrected chi connectivity index (χ1v) is 11.0. The number of nitrogens with one attached hydrogen (secondary N) is 1. The van der Waals surface area contributed by atoms with Gasteiger partial charge in [-0.05, 0) is 83.9 Å². The summed E-state index contributed by atoms with van der Waals surface area (Å²) in [7, 11) is 0. The summed E-state index contributed by atoms with van der Waals surface area (Å²) >= 11 is 0. The number of carbonyl (C=O) groups is 1. The molecule has 2 bridgehead atoms. The average Bonchev–Trinajstić information content (AvgIpc) is 2.93. The largest absolute Gasteiger partial charge is 0.444 e. The van der Waals surface area contributed by atoms with E-state index < -0.39 is 5.60 Å². The topological polar surface area (TPSA) is 44.8 Å². The summed E-state index contributed by atoms with van der Waals surface area (Å²) in [5.41, 5.74) is 2.11. The highest BCUT2D eigenvalue weighted by Crippen LogP contribution is 2.38. The van der Waals surface area contributed by atoms with Crippen LogP contribution in [0.4, 0.5) is 16.2 Å². The molecule has 154 valence electrons. The predicted molar refractivity (Wildman–Crippen MR) is 114 cm³/mol. The lowest BCUT2D eigenvalue weighted by molar-refractivity contribution is 0.00684. The van der Waals surface area contributed by atoms with Gasteiger partial charge in [0.1, 0.15) is 5.60 Å². The number of ether oxygens (including phenoxy) is 1. The number of amides is 1. The van der Waals surface area contributed by atoms with Crippen LogP contribution >= 0.6 is 0 Å². The smallest absolute Gasteiger partial charge is 0.410 e. The second-order valence-electron chi connectivity index (χ2n) is 9.68. The zero-order chi connectivity index (χ0) is 19.7. The quantitative estimate of drug-likeness (QED) is 0.793. The van der Waals surface area contributed by atoms with Crippen molar-refractivity contribution in [2.24, 2.45) is 0 Å². The summed E-state index contributed by atoms with van der Waals surface area (Å²) < 4.78 is 5.66. The summed E-state index contributed by atoms with van der Waals surface area (Å²) in [5, 5.41) is 3.76. The predicted octanol–water partition coefficient (Wildman–Crippen LogP) is 5.02. The van der Waals surface area contributed by atoms with Crippen LogP contribution in [-0.4, -0.2) is 47.8 Å². The fourth-order valence-corrected chi connectivity index (χ4v) is 5.09. The number of carbonyl (C=O) groups excluding carboxylic acids is 1. The Morgan fingerprint density at radius 2 is 1.75 bits per heavy atom. The summed E-state index contributed by atoms with van der Waals surface area (Å²) in [5.74, 6) is 0. The fourth-order valence-electron chi connectivity index (χ4n) is 5.09. The van der Waals surface area contributed by atoms with E-state index in [0.717, 1.165) is 25.7 Å². The first-order chi connectivity index (χ1) is 13.4. The second-order valence-corrected chi connectivity index (χ2v) is 9.68. The van der Waals surface area contributed by atoms with Crippen LogP contribution in [0.1, 0.15) is 65.7 Å². The Balaban J connectivity index is 1.38. The highest BCUT2D eigenvalue weighted by Gasteiger charge is 2.44. The number of fused-ring (bicyclic) bond motifs is 2. The van der Waals surface area contributed by atoms with Gasteiger partial charge in [-0.2, -0.15) is 0 Å². The van der Waals surface area contributed by atoms with Crippen LogP contribution in [-0.2, 0) is 4.74 Å². The summed E-state index contributed by atoms with van der Waals surface area (Å²) in [6.45, 7) is 8.16. The summed E-state index contributed by atoms with van der Waals surface area (Å²) in [6, 6.07) is 9.89. The molecule has 3 aliphatic rings. The minimum atomic E-state index is -0.430. The third-order valence-corrected chi connectivity index (χ3v) is 6.28. The lowest BCUT2D eigenvalue weighted by atomic mass is 9.97. The van der Waals surface area contributed by atoms with E-state index in [2.05, 4.69) is 34.5 Å². The molecule has 3 heterocycles. The maximum Gasteiger partial charge on any atom is 0.410 e. The fraction of sp³-hybridized carbons (Fsp3) is 0.696. The van der Waals surface area contributed by atoms with E-state index in [-0.39, 0.29) is 6.09 Å². The standard InChI is InChI=1S/C23H35N3O2/c1-23(2,3)28-22(27)26-20-10-11-21(26)16-18(15-20)24-17-8-7-9-19(14-17)25-12-5-4-6-13-25/h7-9,14,18,20-21,24H,4-6,10-13,15-16H2,1-3H3. The zero-order valence-electron chi connectivity index (χ0n) is 17.6. The third-order valence-electron chi connectivity index (χ3n) is 6.28. The molecule has 0 spiro atoms. The molecule has 1 aromatic rings. The first-order valence-electron chi connectivity index (χ1n) is 11.0. The van der Waals surface area contributed by atoms with Gasteiger partial charge in [-0.1, -0.05) is 6.07 Å². The number of hydrogen-bond acceptors (Lipinski definition) is 4. The van der Waals surface area contributed by atoms with Crippen molar-refractivity contribution < 1.29 is 9.53 Å². The van der Waals surface area contributed by atoms with Crippen LogP contribution in [0, 0.1) is 0 Å². The maximum absolute atomic E-state index is 12.6. The third kappa shape index (κ3) is 4.39. The van der Waals surface area contributed by atoms with Crippen molar-refractivity contribution >= 4 is 17.5 Å². The normalized spacial score (nSPS) is 27.6. The monoisotopic (exact) mass is 385 g/mol. The van der Waals surface area contributed by atoms with Gasteiger partial charge in [0.15, 0.2) is 0 Å². The average molecular weight is 386 g/mol. The Hall–Kier alpha value is -1.91. The summed E-state index contributed by atoms with van der Waals surface area (Å²) in [6.07, 6.45) is 8.01. The van der Waals surface area contributed by atoms with Crippen LogP contribution in [0.2, 0.25) is 0 Å². The van der Waals surface area contributed by atoms with E-state index in [1.807, 2.05) is 25.7 Å². The molecule has 28 heavy (non-hydrogen) atoms. The van der Waals surface area contributed by atoms with Gasteiger partial charge in [0.2, 0.25) is 0 Å². The van der Waals surface area contributed by atoms with E-state index in [1.54, 1.807) is 0 Å². The number of nitrogens with zero attached hydrogens (tertiary/aromatic N) is 2. The van der Waals surface area contributed by atoms with Crippen molar-refractivity contribution in [2.45, 2.75) is 89.4 Å². The molecule has 1 N–H and O–H groups in total. The molecular formula is C23H35N3O2. The number of rotatable bonds is 3. The molecule has 2 atom stereocenters. The molecule has 3 fully saturated rings. The van der Waals surface area contributed by atoms with Crippen molar-refractivity contribution in [3.8, 4) is 0 Å². The van der Waals surface area contributed by atoms with E-state index in [4.69, 9.17) is 4.74 Å². The molecule has 2 unspecified atom stereocenters. The maximum atomic E-state index is 12.6. The Morgan fingerprint density at radius 1 is 1.07 bits per heavy atom. The Bertz CT molecular complexity index is 679. The van der Waals surface area contributed by atoms with Gasteiger partial charge in [-0.3, -0.25) is 0 Å². The van der Waals surface area contributed by atoms with Crippen LogP contribution in [0.15, 0.2) is 24.3 Å². The Kier molecular flexibility index (Phi) is 5.44. The van der Waals surface area contributed by atoms with Crippen molar-refractivity contribution in [1.82, 2.24) is 4.90 Å². The van der Waals surface area contributed by atoms with Gasteiger partial charge in [-0.25, -0.2) is 4.79 Å². The molecule has 0 saturated carbocycles. The van der Waals surface area contributed by atoms with Gasteiger partial charge in [-0.15, -0.1) is 0 Å². The lowest BCUT2D eigenvalue weighted by Crippen LogP contribution is -2.51. The molecule has 3 saturated heterocycles. The lowest BCUT2D eigenvalue weighted by Gasteiger charge is -2.40. The van der Waals surface area contributed by atoms with Crippen LogP contribution < -0.4 is 10.2 Å². The van der Waals surface area contributed by atoms with Crippen molar-refractivity contribution in [3.05, 3.63) is 24.3 Å². The molecule has 5 heteroatoms. The van der Waals surface area contributed by atoms with Crippen LogP contribution in [0.3, 0.4) is 0 Å². The van der Waals surface area contributed by atoms with E-state index >= 15 is 0 Å². The molecule has 1 amide bonds. The van der Waals surface area contributed by atoms with Gasteiger partial charge in [0, 0.05) is 42.6 Å². The van der Waals surface area contributed by atoms with Crippen LogP contribution in [0.25, 0.3) is 0 Å². The zero-order valence-corrected chi connectivity index (χ0v) is 17.6. The SMILES string of the molecule is CC(C)(C)OC(=O)N1C2CCC1CC(Nc1cccc(N3CCCCC3)c1)C2. The molecule has 1 aromatic carbocycles. The molecule has 0 aromatic heterocycles. The number of piperidine rings is 2. The Labute approximate surface area is 169 Å². The molecule has 0 aliphatic carbocycles. The van der Waals surface area contributed by atoms with Gasteiger partial charge >= 0.3 is 6.09 Å². The van der Waals surface area contributed by atoms with E-state index in [0.29, 0.717) is 18.1 Å². The van der Waals surface area contributed by atoms with Gasteiger partial charge < -0.3 is 19.9 Å². The van der Waals surface area contributed by atoms with E-state index in [1.165, 1.54) is 43.7 Å². The molecule has 5 nitrogen and oxygen atoms in total. The van der Waals surface area contributed by atoms with Crippen molar-refractivity contribution in [3.63, 3.8) is 0 Å².